The average Bonchev–Trinajstić information content (AvgIpc) is 2.61. The van der Waals surface area contributed by atoms with Crippen molar-refractivity contribution < 1.29 is 9.90 Å². The zero-order valence-corrected chi connectivity index (χ0v) is 18.4. The van der Waals surface area contributed by atoms with Crippen LogP contribution in [0.1, 0.15) is 122 Å². The zero-order chi connectivity index (χ0) is 19.3. The van der Waals surface area contributed by atoms with Crippen molar-refractivity contribution in [3.05, 3.63) is 0 Å². The van der Waals surface area contributed by atoms with Crippen molar-refractivity contribution in [2.45, 2.75) is 132 Å². The van der Waals surface area contributed by atoms with Gasteiger partial charge in [-0.3, -0.25) is 4.79 Å². The number of halogens is 2. The molecule has 0 bridgehead atoms. The molecule has 0 spiro atoms. The Labute approximate surface area is 171 Å². The van der Waals surface area contributed by atoms with E-state index in [1.807, 2.05) is 0 Å². The number of carbonyl (C=O) groups excluding carboxylic acids is 1. The first kappa shape index (κ1) is 24.2. The minimum Gasteiger partial charge on any atom is -0.386 e. The van der Waals surface area contributed by atoms with Gasteiger partial charge in [0.1, 0.15) is 5.60 Å². The van der Waals surface area contributed by atoms with Crippen molar-refractivity contribution in [1.29, 1.82) is 0 Å². The summed E-state index contributed by atoms with van der Waals surface area (Å²) in [4.78, 5) is 11.3. The fraction of sp³-hybridized carbons (Fsp3) is 0.955. The Bertz CT molecular complexity index is 384. The molecule has 0 aliphatic heterocycles. The molecule has 1 saturated carbocycles. The van der Waals surface area contributed by atoms with Gasteiger partial charge in [-0.2, -0.15) is 0 Å². The fourth-order valence-electron chi connectivity index (χ4n) is 3.85. The third kappa shape index (κ3) is 8.48. The number of hydrogen-bond acceptors (Lipinski definition) is 2. The molecule has 0 heterocycles. The number of hydrogen-bond donors (Lipinski definition) is 1. The van der Waals surface area contributed by atoms with Gasteiger partial charge in [-0.1, -0.05) is 133 Å². The largest absolute Gasteiger partial charge is 0.386 e. The quantitative estimate of drug-likeness (QED) is 0.200. The van der Waals surface area contributed by atoms with Gasteiger partial charge < -0.3 is 5.11 Å². The van der Waals surface area contributed by atoms with Crippen molar-refractivity contribution in [3.63, 3.8) is 0 Å². The van der Waals surface area contributed by atoms with Crippen LogP contribution in [0.5, 0.6) is 0 Å². The van der Waals surface area contributed by atoms with Crippen LogP contribution in [0.4, 0.5) is 0 Å². The third-order valence-corrected chi connectivity index (χ3v) is 6.96. The zero-order valence-electron chi connectivity index (χ0n) is 16.8. The van der Waals surface area contributed by atoms with E-state index in [1.54, 1.807) is 0 Å². The second kappa shape index (κ2) is 13.4. The van der Waals surface area contributed by atoms with Crippen LogP contribution in [0.15, 0.2) is 0 Å². The molecule has 0 saturated heterocycles. The SMILES string of the molecule is CCCCCCCCCCCCCCCCCCC1(O)CC(=O)C1(Cl)Cl. The van der Waals surface area contributed by atoms with Crippen molar-refractivity contribution in [2.24, 2.45) is 0 Å². The number of rotatable bonds is 17. The minimum atomic E-state index is -1.57. The molecule has 0 aromatic rings. The van der Waals surface area contributed by atoms with Crippen LogP contribution in [0.2, 0.25) is 0 Å². The van der Waals surface area contributed by atoms with Crippen molar-refractivity contribution >= 4 is 29.0 Å². The monoisotopic (exact) mass is 406 g/mol. The van der Waals surface area contributed by atoms with Gasteiger partial charge in [0.05, 0.1) is 0 Å². The number of carbonyl (C=O) groups is 1. The lowest BCUT2D eigenvalue weighted by molar-refractivity contribution is -0.145. The normalized spacial score (nSPS) is 21.8. The Morgan fingerprint density at radius 2 is 1.08 bits per heavy atom. The van der Waals surface area contributed by atoms with E-state index in [2.05, 4.69) is 6.92 Å². The highest BCUT2D eigenvalue weighted by molar-refractivity contribution is 6.61. The molecule has 1 aliphatic rings. The van der Waals surface area contributed by atoms with E-state index in [0.29, 0.717) is 6.42 Å². The van der Waals surface area contributed by atoms with E-state index in [9.17, 15) is 9.90 Å². The number of aliphatic hydroxyl groups is 1. The van der Waals surface area contributed by atoms with Gasteiger partial charge in [0.15, 0.2) is 5.78 Å². The van der Waals surface area contributed by atoms with Crippen molar-refractivity contribution in [3.8, 4) is 0 Å². The third-order valence-electron chi connectivity index (χ3n) is 5.83. The van der Waals surface area contributed by atoms with Gasteiger partial charge >= 0.3 is 0 Å². The summed E-state index contributed by atoms with van der Waals surface area (Å²) in [7, 11) is 0. The molecule has 0 radical (unpaired) electrons. The molecule has 2 nitrogen and oxygen atoms in total. The summed E-state index contributed by atoms with van der Waals surface area (Å²) < 4.78 is -1.57. The lowest BCUT2D eigenvalue weighted by atomic mass is 9.74. The first-order valence-corrected chi connectivity index (χ1v) is 11.8. The standard InChI is InChI=1S/C22H40Cl2O2/c1-2-3-4-5-6-7-8-9-10-11-12-13-14-15-16-17-18-21(26)19-20(25)22(21,23)24/h26H,2-19H2,1H3. The summed E-state index contributed by atoms with van der Waals surface area (Å²) in [6.07, 6.45) is 21.8. The van der Waals surface area contributed by atoms with Gasteiger partial charge in [-0.25, -0.2) is 0 Å². The first-order chi connectivity index (χ1) is 12.4. The second-order valence-corrected chi connectivity index (χ2v) is 9.59. The van der Waals surface area contributed by atoms with Crippen LogP contribution in [-0.2, 0) is 4.79 Å². The predicted molar refractivity (Wildman–Crippen MR) is 113 cm³/mol. The van der Waals surface area contributed by atoms with Gasteiger partial charge in [0, 0.05) is 6.42 Å². The van der Waals surface area contributed by atoms with Crippen molar-refractivity contribution in [1.82, 2.24) is 0 Å². The molecular formula is C22H40Cl2O2. The van der Waals surface area contributed by atoms with Crippen molar-refractivity contribution in [2.75, 3.05) is 0 Å². The second-order valence-electron chi connectivity index (χ2n) is 8.26. The lowest BCUT2D eigenvalue weighted by Gasteiger charge is -2.46. The maximum atomic E-state index is 11.3. The molecule has 4 heteroatoms. The molecule has 0 aromatic heterocycles. The van der Waals surface area contributed by atoms with Gasteiger partial charge in [0.2, 0.25) is 4.33 Å². The predicted octanol–water partition coefficient (Wildman–Crippen LogP) is 7.52. The molecule has 154 valence electrons. The summed E-state index contributed by atoms with van der Waals surface area (Å²) in [5.41, 5.74) is -1.19. The highest BCUT2D eigenvalue weighted by Gasteiger charge is 2.63. The van der Waals surface area contributed by atoms with Crippen LogP contribution in [0.3, 0.4) is 0 Å². The molecule has 1 unspecified atom stereocenters. The number of Topliss-reactive ketones (excluding diaryl/α,β-unsaturated/α-hetero) is 1. The highest BCUT2D eigenvalue weighted by Crippen LogP contribution is 2.50. The molecule has 1 fully saturated rings. The molecule has 1 rings (SSSR count). The van der Waals surface area contributed by atoms with Crippen LogP contribution in [0.25, 0.3) is 0 Å². The Morgan fingerprint density at radius 3 is 1.38 bits per heavy atom. The van der Waals surface area contributed by atoms with Crippen LogP contribution >= 0.6 is 23.2 Å². The van der Waals surface area contributed by atoms with Crippen LogP contribution in [0, 0.1) is 0 Å². The number of ketones is 1. The van der Waals surface area contributed by atoms with Crippen LogP contribution in [-0.4, -0.2) is 20.8 Å². The van der Waals surface area contributed by atoms with E-state index < -0.39 is 9.93 Å². The molecule has 1 aliphatic carbocycles. The van der Waals surface area contributed by atoms with Crippen LogP contribution < -0.4 is 0 Å². The summed E-state index contributed by atoms with van der Waals surface area (Å²) >= 11 is 11.8. The smallest absolute Gasteiger partial charge is 0.204 e. The van der Waals surface area contributed by atoms with E-state index in [4.69, 9.17) is 23.2 Å². The molecular weight excluding hydrogens is 367 g/mol. The lowest BCUT2D eigenvalue weighted by Crippen LogP contribution is -2.63. The summed E-state index contributed by atoms with van der Waals surface area (Å²) in [5.74, 6) is -0.250. The summed E-state index contributed by atoms with van der Waals surface area (Å²) in [5, 5.41) is 10.2. The molecule has 26 heavy (non-hydrogen) atoms. The van der Waals surface area contributed by atoms with E-state index in [-0.39, 0.29) is 12.2 Å². The van der Waals surface area contributed by atoms with Gasteiger partial charge in [-0.05, 0) is 6.42 Å². The number of unbranched alkanes of at least 4 members (excludes halogenated alkanes) is 15. The summed E-state index contributed by atoms with van der Waals surface area (Å²) in [6, 6.07) is 0. The minimum absolute atomic E-state index is 0.110. The molecule has 0 amide bonds. The number of alkyl halides is 2. The topological polar surface area (TPSA) is 37.3 Å². The first-order valence-electron chi connectivity index (χ1n) is 11.1. The Morgan fingerprint density at radius 1 is 0.731 bits per heavy atom. The van der Waals surface area contributed by atoms with Gasteiger partial charge in [-0.15, -0.1) is 0 Å². The Balaban J connectivity index is 1.78. The highest BCUT2D eigenvalue weighted by atomic mass is 35.5. The van der Waals surface area contributed by atoms with E-state index in [0.717, 1.165) is 12.8 Å². The van der Waals surface area contributed by atoms with Gasteiger partial charge in [0.25, 0.3) is 0 Å². The maximum absolute atomic E-state index is 11.3. The van der Waals surface area contributed by atoms with E-state index >= 15 is 0 Å². The molecule has 1 N–H and O–H groups in total. The van der Waals surface area contributed by atoms with E-state index in [1.165, 1.54) is 89.9 Å². The Kier molecular flexibility index (Phi) is 12.5. The molecule has 0 aromatic carbocycles. The molecule has 1 atom stereocenters. The Hall–Kier alpha value is 0.210. The average molecular weight is 407 g/mol. The summed E-state index contributed by atoms with van der Waals surface area (Å²) in [6.45, 7) is 2.27. The fourth-order valence-corrected chi connectivity index (χ4v) is 4.31. The maximum Gasteiger partial charge on any atom is 0.204 e.